The fraction of sp³-hybridized carbons (Fsp3) is 0.786. The summed E-state index contributed by atoms with van der Waals surface area (Å²) in [5, 5.41) is 0. The van der Waals surface area contributed by atoms with E-state index in [9.17, 15) is 14.4 Å². The Morgan fingerprint density at radius 3 is 0.816 bits per heavy atom. The minimum absolute atomic E-state index is 0.0897. The van der Waals surface area contributed by atoms with E-state index in [-0.39, 0.29) is 31.1 Å². The van der Waals surface area contributed by atoms with Crippen LogP contribution in [0.2, 0.25) is 0 Å². The van der Waals surface area contributed by atoms with Crippen molar-refractivity contribution < 1.29 is 28.6 Å². The zero-order chi connectivity index (χ0) is 55.0. The summed E-state index contributed by atoms with van der Waals surface area (Å²) < 4.78 is 16.9. The van der Waals surface area contributed by atoms with Gasteiger partial charge in [-0.2, -0.15) is 0 Å². The molecule has 0 aromatic carbocycles. The maximum Gasteiger partial charge on any atom is 0.306 e. The summed E-state index contributed by atoms with van der Waals surface area (Å²) >= 11 is 0. The van der Waals surface area contributed by atoms with E-state index in [1.54, 1.807) is 0 Å². The van der Waals surface area contributed by atoms with Crippen LogP contribution in [-0.2, 0) is 28.6 Å². The molecule has 0 aromatic heterocycles. The summed E-state index contributed by atoms with van der Waals surface area (Å²) in [6, 6.07) is 0. The maximum absolute atomic E-state index is 12.9. The Labute approximate surface area is 472 Å². The molecule has 6 heteroatoms. The van der Waals surface area contributed by atoms with Gasteiger partial charge in [0.15, 0.2) is 6.10 Å². The number of allylic oxidation sites excluding steroid dienone is 12. The van der Waals surface area contributed by atoms with Crippen molar-refractivity contribution in [1.29, 1.82) is 0 Å². The largest absolute Gasteiger partial charge is 0.462 e. The van der Waals surface area contributed by atoms with Gasteiger partial charge in [0.05, 0.1) is 0 Å². The topological polar surface area (TPSA) is 78.9 Å². The van der Waals surface area contributed by atoms with Crippen LogP contribution in [-0.4, -0.2) is 37.2 Å². The van der Waals surface area contributed by atoms with Gasteiger partial charge in [-0.05, 0) is 83.5 Å². The van der Waals surface area contributed by atoms with Crippen LogP contribution >= 0.6 is 0 Å². The third-order valence-electron chi connectivity index (χ3n) is 14.5. The van der Waals surface area contributed by atoms with Crippen molar-refractivity contribution in [3.63, 3.8) is 0 Å². The zero-order valence-electron chi connectivity index (χ0n) is 50.5. The van der Waals surface area contributed by atoms with Crippen LogP contribution in [0.5, 0.6) is 0 Å². The molecule has 0 amide bonds. The van der Waals surface area contributed by atoms with Crippen LogP contribution in [0.15, 0.2) is 72.9 Å². The van der Waals surface area contributed by atoms with Crippen molar-refractivity contribution >= 4 is 17.9 Å². The van der Waals surface area contributed by atoms with Gasteiger partial charge in [0.25, 0.3) is 0 Å². The molecule has 0 aliphatic rings. The lowest BCUT2D eigenvalue weighted by molar-refractivity contribution is -0.167. The molecule has 1 atom stereocenters. The Balaban J connectivity index is 4.16. The molecule has 0 rings (SSSR count). The Kier molecular flexibility index (Phi) is 61.7. The minimum atomic E-state index is -0.796. The molecule has 0 N–H and O–H groups in total. The van der Waals surface area contributed by atoms with E-state index >= 15 is 0 Å². The average Bonchev–Trinajstić information content (AvgIpc) is 3.42. The Morgan fingerprint density at radius 2 is 0.513 bits per heavy atom. The van der Waals surface area contributed by atoms with Crippen molar-refractivity contribution in [3.8, 4) is 0 Å². The quantitative estimate of drug-likeness (QED) is 0.0261. The molecule has 76 heavy (non-hydrogen) atoms. The zero-order valence-corrected chi connectivity index (χ0v) is 50.5. The highest BCUT2D eigenvalue weighted by atomic mass is 16.6. The van der Waals surface area contributed by atoms with Gasteiger partial charge in [-0.1, -0.05) is 306 Å². The predicted octanol–water partition coefficient (Wildman–Crippen LogP) is 22.5. The van der Waals surface area contributed by atoms with Crippen LogP contribution in [0.4, 0.5) is 0 Å². The summed E-state index contributed by atoms with van der Waals surface area (Å²) in [5.41, 5.74) is 0. The van der Waals surface area contributed by atoms with E-state index in [0.29, 0.717) is 19.3 Å². The molecule has 0 aliphatic heterocycles. The minimum Gasteiger partial charge on any atom is -0.462 e. The second-order valence-electron chi connectivity index (χ2n) is 22.0. The number of hydrogen-bond donors (Lipinski definition) is 0. The fourth-order valence-corrected chi connectivity index (χ4v) is 9.59. The van der Waals surface area contributed by atoms with Crippen molar-refractivity contribution in [2.45, 2.75) is 341 Å². The molecule has 0 fully saturated rings. The summed E-state index contributed by atoms with van der Waals surface area (Å²) in [7, 11) is 0. The highest BCUT2D eigenvalue weighted by molar-refractivity contribution is 5.71. The van der Waals surface area contributed by atoms with Gasteiger partial charge in [-0.15, -0.1) is 0 Å². The van der Waals surface area contributed by atoms with Crippen molar-refractivity contribution in [3.05, 3.63) is 72.9 Å². The maximum atomic E-state index is 12.9. The first-order chi connectivity index (χ1) is 37.5. The summed E-state index contributed by atoms with van der Waals surface area (Å²) in [6.07, 6.45) is 83.7. The first-order valence-corrected chi connectivity index (χ1v) is 32.9. The van der Waals surface area contributed by atoms with E-state index in [1.165, 1.54) is 173 Å². The highest BCUT2D eigenvalue weighted by Gasteiger charge is 2.19. The number of rotatable bonds is 60. The Bertz CT molecular complexity index is 1400. The van der Waals surface area contributed by atoms with E-state index in [0.717, 1.165) is 122 Å². The number of hydrogen-bond acceptors (Lipinski definition) is 6. The van der Waals surface area contributed by atoms with Crippen LogP contribution < -0.4 is 0 Å². The molecular weight excluding hydrogens is 937 g/mol. The predicted molar refractivity (Wildman–Crippen MR) is 330 cm³/mol. The lowest BCUT2D eigenvalue weighted by Gasteiger charge is -2.18. The van der Waals surface area contributed by atoms with Crippen molar-refractivity contribution in [2.75, 3.05) is 13.2 Å². The molecule has 0 aliphatic carbocycles. The lowest BCUT2D eigenvalue weighted by Crippen LogP contribution is -2.30. The number of unbranched alkanes of at least 4 members (excludes halogenated alkanes) is 37. The van der Waals surface area contributed by atoms with Crippen LogP contribution in [0.1, 0.15) is 335 Å². The molecule has 0 aromatic rings. The fourth-order valence-electron chi connectivity index (χ4n) is 9.59. The molecule has 1 unspecified atom stereocenters. The smallest absolute Gasteiger partial charge is 0.306 e. The third kappa shape index (κ3) is 61.7. The number of ether oxygens (including phenoxy) is 3. The molecule has 0 heterocycles. The molecule has 0 saturated carbocycles. The third-order valence-corrected chi connectivity index (χ3v) is 14.5. The van der Waals surface area contributed by atoms with Crippen molar-refractivity contribution in [2.24, 2.45) is 0 Å². The second kappa shape index (κ2) is 64.4. The van der Waals surface area contributed by atoms with Crippen molar-refractivity contribution in [1.82, 2.24) is 0 Å². The molecule has 0 saturated heterocycles. The molecule has 0 bridgehead atoms. The second-order valence-corrected chi connectivity index (χ2v) is 22.0. The Morgan fingerprint density at radius 1 is 0.276 bits per heavy atom. The summed E-state index contributed by atoms with van der Waals surface area (Å²) in [6.45, 7) is 6.41. The lowest BCUT2D eigenvalue weighted by atomic mass is 10.0. The first kappa shape index (κ1) is 72.8. The van der Waals surface area contributed by atoms with Gasteiger partial charge in [0.2, 0.25) is 0 Å². The van der Waals surface area contributed by atoms with Gasteiger partial charge in [-0.3, -0.25) is 14.4 Å². The van der Waals surface area contributed by atoms with Gasteiger partial charge >= 0.3 is 17.9 Å². The first-order valence-electron chi connectivity index (χ1n) is 32.9. The van der Waals surface area contributed by atoms with E-state index in [1.807, 2.05) is 0 Å². The average molecular weight is 1060 g/mol. The van der Waals surface area contributed by atoms with Gasteiger partial charge in [0, 0.05) is 19.3 Å². The SMILES string of the molecule is CC/C=C\C/C=C\C/C=C\CCCCCCCC(=O)OC(COC(=O)CCCCC/C=C\C/C=C\C/C=C\CC)COC(=O)CCCCCCCCCCCCCCCCCCCCCCCCCCCCCCCC. The normalized spacial score (nSPS) is 12.5. The number of carbonyl (C=O) groups is 3. The standard InChI is InChI=1S/C70H124O6/c1-4-7-10-13-16-19-22-25-27-28-29-30-31-32-33-34-35-36-37-38-39-40-41-43-45-48-51-54-57-60-63-69(72)75-66-67(65-74-68(71)62-59-56-53-50-47-44-24-21-18-15-12-9-6-3)76-70(73)64-61-58-55-52-49-46-42-26-23-20-17-14-11-8-5-2/h8-9,11-12,17-18,20-21,26,42,44,47,67H,4-7,10,13-16,19,22-25,27-41,43,45-46,48-66H2,1-3H3/b11-8-,12-9-,20-17-,21-18-,42-26-,47-44-. The summed E-state index contributed by atoms with van der Waals surface area (Å²) in [4.78, 5) is 38.2. The molecular formula is C70H124O6. The van der Waals surface area contributed by atoms with E-state index < -0.39 is 6.10 Å². The van der Waals surface area contributed by atoms with E-state index in [2.05, 4.69) is 93.7 Å². The monoisotopic (exact) mass is 1060 g/mol. The van der Waals surface area contributed by atoms with Gasteiger partial charge in [0.1, 0.15) is 13.2 Å². The number of esters is 3. The molecule has 440 valence electrons. The molecule has 6 nitrogen and oxygen atoms in total. The van der Waals surface area contributed by atoms with Crippen LogP contribution in [0.3, 0.4) is 0 Å². The number of carbonyl (C=O) groups excluding carboxylic acids is 3. The summed E-state index contributed by atoms with van der Waals surface area (Å²) in [5.74, 6) is -0.924. The molecule has 0 radical (unpaired) electrons. The van der Waals surface area contributed by atoms with Gasteiger partial charge in [-0.25, -0.2) is 0 Å². The van der Waals surface area contributed by atoms with Crippen LogP contribution in [0, 0.1) is 0 Å². The van der Waals surface area contributed by atoms with Gasteiger partial charge < -0.3 is 14.2 Å². The van der Waals surface area contributed by atoms with Crippen LogP contribution in [0.25, 0.3) is 0 Å². The van der Waals surface area contributed by atoms with E-state index in [4.69, 9.17) is 14.2 Å². The highest BCUT2D eigenvalue weighted by Crippen LogP contribution is 2.18. The Hall–Kier alpha value is -3.15. The molecule has 0 spiro atoms.